The number of ether oxygens (including phenoxy) is 3. The maximum absolute atomic E-state index is 12.1. The second kappa shape index (κ2) is 9.32. The number of amides is 1. The maximum atomic E-state index is 12.1. The number of carbonyl (C=O) groups excluding carboxylic acids is 2. The Labute approximate surface area is 162 Å². The van der Waals surface area contributed by atoms with E-state index >= 15 is 0 Å². The van der Waals surface area contributed by atoms with Gasteiger partial charge in [-0.15, -0.1) is 11.8 Å². The summed E-state index contributed by atoms with van der Waals surface area (Å²) in [4.78, 5) is 24.5. The Hall–Kier alpha value is -2.67. The molecule has 0 aromatic heterocycles. The van der Waals surface area contributed by atoms with Gasteiger partial charge in [0.2, 0.25) is 5.91 Å². The normalized spacial score (nSPS) is 12.8. The fourth-order valence-electron chi connectivity index (χ4n) is 2.51. The quantitative estimate of drug-likeness (QED) is 0.607. The van der Waals surface area contributed by atoms with Gasteiger partial charge in [-0.05, 0) is 35.9 Å². The Kier molecular flexibility index (Phi) is 6.59. The summed E-state index contributed by atoms with van der Waals surface area (Å²) in [5.41, 5.74) is 1.40. The van der Waals surface area contributed by atoms with Crippen molar-refractivity contribution in [2.75, 3.05) is 26.1 Å². The van der Waals surface area contributed by atoms with E-state index in [0.717, 1.165) is 28.4 Å². The summed E-state index contributed by atoms with van der Waals surface area (Å²) in [7, 11) is 1.34. The standard InChI is InChI=1S/C20H21NO5S/c1-24-20(23)15-5-3-14(4-6-15)12-21-19(22)13-27-16-7-8-17-18(11-16)26-10-2-9-25-17/h3-8,11H,2,9-10,12-13H2,1H3,(H,21,22). The number of thioether (sulfide) groups is 1. The lowest BCUT2D eigenvalue weighted by Crippen LogP contribution is -2.24. The molecule has 0 saturated carbocycles. The van der Waals surface area contributed by atoms with Gasteiger partial charge in [-0.3, -0.25) is 4.79 Å². The molecule has 0 atom stereocenters. The molecule has 2 aromatic carbocycles. The second-order valence-corrected chi connectivity index (χ2v) is 6.96. The second-order valence-electron chi connectivity index (χ2n) is 5.91. The zero-order valence-electron chi connectivity index (χ0n) is 15.0. The number of carbonyl (C=O) groups is 2. The fraction of sp³-hybridized carbons (Fsp3) is 0.300. The molecule has 1 aliphatic heterocycles. The van der Waals surface area contributed by atoms with E-state index in [1.54, 1.807) is 24.3 Å². The molecule has 142 valence electrons. The van der Waals surface area contributed by atoms with Crippen LogP contribution >= 0.6 is 11.8 Å². The van der Waals surface area contributed by atoms with Gasteiger partial charge in [0.15, 0.2) is 11.5 Å². The Morgan fingerprint density at radius 1 is 1.07 bits per heavy atom. The van der Waals surface area contributed by atoms with Gasteiger partial charge in [0.05, 0.1) is 31.6 Å². The summed E-state index contributed by atoms with van der Waals surface area (Å²) < 4.78 is 15.9. The lowest BCUT2D eigenvalue weighted by atomic mass is 10.1. The minimum Gasteiger partial charge on any atom is -0.490 e. The number of nitrogens with one attached hydrogen (secondary N) is 1. The van der Waals surface area contributed by atoms with Crippen molar-refractivity contribution in [1.82, 2.24) is 5.32 Å². The first kappa shape index (κ1) is 19.1. The molecule has 3 rings (SSSR count). The van der Waals surface area contributed by atoms with Crippen LogP contribution in [0, 0.1) is 0 Å². The summed E-state index contributed by atoms with van der Waals surface area (Å²) in [6.45, 7) is 1.70. The van der Waals surface area contributed by atoms with Gasteiger partial charge < -0.3 is 19.5 Å². The van der Waals surface area contributed by atoms with E-state index in [1.807, 2.05) is 18.2 Å². The van der Waals surface area contributed by atoms with Crippen LogP contribution in [0.1, 0.15) is 22.3 Å². The first-order valence-corrected chi connectivity index (χ1v) is 9.60. The summed E-state index contributed by atoms with van der Waals surface area (Å²) >= 11 is 1.44. The molecule has 6 nitrogen and oxygen atoms in total. The zero-order chi connectivity index (χ0) is 19.1. The van der Waals surface area contributed by atoms with Crippen LogP contribution in [0.4, 0.5) is 0 Å². The Balaban J connectivity index is 1.47. The smallest absolute Gasteiger partial charge is 0.337 e. The first-order chi connectivity index (χ1) is 13.2. The highest BCUT2D eigenvalue weighted by Crippen LogP contribution is 2.33. The van der Waals surface area contributed by atoms with Gasteiger partial charge in [0, 0.05) is 17.9 Å². The molecule has 0 bridgehead atoms. The molecule has 7 heteroatoms. The average Bonchev–Trinajstić information content (AvgIpc) is 2.95. The van der Waals surface area contributed by atoms with Crippen molar-refractivity contribution in [3.8, 4) is 11.5 Å². The van der Waals surface area contributed by atoms with Crippen molar-refractivity contribution in [2.45, 2.75) is 17.9 Å². The first-order valence-electron chi connectivity index (χ1n) is 8.62. The lowest BCUT2D eigenvalue weighted by Gasteiger charge is -2.09. The molecule has 0 radical (unpaired) electrons. The number of benzene rings is 2. The van der Waals surface area contributed by atoms with Crippen molar-refractivity contribution in [1.29, 1.82) is 0 Å². The topological polar surface area (TPSA) is 73.9 Å². The molecule has 1 N–H and O–H groups in total. The van der Waals surface area contributed by atoms with E-state index in [-0.39, 0.29) is 11.9 Å². The number of rotatable bonds is 6. The van der Waals surface area contributed by atoms with E-state index in [1.165, 1.54) is 18.9 Å². The number of hydrogen-bond acceptors (Lipinski definition) is 6. The van der Waals surface area contributed by atoms with Crippen LogP contribution in [-0.2, 0) is 16.1 Å². The molecule has 0 aliphatic carbocycles. The van der Waals surface area contributed by atoms with Crippen LogP contribution in [0.5, 0.6) is 11.5 Å². The van der Waals surface area contributed by atoms with Crippen molar-refractivity contribution < 1.29 is 23.8 Å². The largest absolute Gasteiger partial charge is 0.490 e. The molecule has 2 aromatic rings. The third-order valence-corrected chi connectivity index (χ3v) is 4.95. The maximum Gasteiger partial charge on any atom is 0.337 e. The molecular weight excluding hydrogens is 366 g/mol. The molecule has 1 heterocycles. The third kappa shape index (κ3) is 5.40. The summed E-state index contributed by atoms with van der Waals surface area (Å²) in [6.07, 6.45) is 0.861. The molecule has 27 heavy (non-hydrogen) atoms. The highest BCUT2D eigenvalue weighted by molar-refractivity contribution is 8.00. The van der Waals surface area contributed by atoms with Gasteiger partial charge in [0.1, 0.15) is 0 Å². The predicted octanol–water partition coefficient (Wildman–Crippen LogP) is 3.04. The van der Waals surface area contributed by atoms with Gasteiger partial charge >= 0.3 is 5.97 Å². The number of methoxy groups -OCH3 is 1. The average molecular weight is 387 g/mol. The molecule has 0 spiro atoms. The monoisotopic (exact) mass is 387 g/mol. The SMILES string of the molecule is COC(=O)c1ccc(CNC(=O)CSc2ccc3c(c2)OCCCO3)cc1. The number of fused-ring (bicyclic) bond motifs is 1. The van der Waals surface area contributed by atoms with Crippen LogP contribution in [0.2, 0.25) is 0 Å². The molecule has 1 amide bonds. The molecular formula is C20H21NO5S. The van der Waals surface area contributed by atoms with Gasteiger partial charge in [-0.1, -0.05) is 12.1 Å². The van der Waals surface area contributed by atoms with Crippen LogP contribution in [0.3, 0.4) is 0 Å². The van der Waals surface area contributed by atoms with Crippen LogP contribution in [-0.4, -0.2) is 38.0 Å². The van der Waals surface area contributed by atoms with Gasteiger partial charge in [-0.25, -0.2) is 4.79 Å². The van der Waals surface area contributed by atoms with Crippen LogP contribution < -0.4 is 14.8 Å². The number of hydrogen-bond donors (Lipinski definition) is 1. The van der Waals surface area contributed by atoms with E-state index < -0.39 is 0 Å². The zero-order valence-corrected chi connectivity index (χ0v) is 15.8. The van der Waals surface area contributed by atoms with Gasteiger partial charge in [0.25, 0.3) is 0 Å². The summed E-state index contributed by atoms with van der Waals surface area (Å²) in [5, 5.41) is 2.87. The van der Waals surface area contributed by atoms with E-state index in [2.05, 4.69) is 10.1 Å². The number of esters is 1. The van der Waals surface area contributed by atoms with Crippen LogP contribution in [0.25, 0.3) is 0 Å². The van der Waals surface area contributed by atoms with Gasteiger partial charge in [-0.2, -0.15) is 0 Å². The molecule has 0 saturated heterocycles. The van der Waals surface area contributed by atoms with Crippen molar-refractivity contribution in [2.24, 2.45) is 0 Å². The molecule has 0 fully saturated rings. The van der Waals surface area contributed by atoms with E-state index in [9.17, 15) is 9.59 Å². The Morgan fingerprint density at radius 3 is 2.56 bits per heavy atom. The Bertz CT molecular complexity index is 807. The summed E-state index contributed by atoms with van der Waals surface area (Å²) in [5.74, 6) is 1.33. The predicted molar refractivity (Wildman–Crippen MR) is 102 cm³/mol. The van der Waals surface area contributed by atoms with Crippen molar-refractivity contribution >= 4 is 23.6 Å². The minimum absolute atomic E-state index is 0.0656. The van der Waals surface area contributed by atoms with Crippen LogP contribution in [0.15, 0.2) is 47.4 Å². The van der Waals surface area contributed by atoms with Crippen molar-refractivity contribution in [3.05, 3.63) is 53.6 Å². The molecule has 0 unspecified atom stereocenters. The van der Waals surface area contributed by atoms with Crippen molar-refractivity contribution in [3.63, 3.8) is 0 Å². The molecule has 1 aliphatic rings. The lowest BCUT2D eigenvalue weighted by molar-refractivity contribution is -0.118. The van der Waals surface area contributed by atoms with E-state index in [4.69, 9.17) is 9.47 Å². The minimum atomic E-state index is -0.378. The highest BCUT2D eigenvalue weighted by atomic mass is 32.2. The third-order valence-electron chi connectivity index (χ3n) is 3.95. The summed E-state index contributed by atoms with van der Waals surface area (Å²) in [6, 6.07) is 12.7. The highest BCUT2D eigenvalue weighted by Gasteiger charge is 2.12. The Morgan fingerprint density at radius 2 is 1.81 bits per heavy atom. The van der Waals surface area contributed by atoms with E-state index in [0.29, 0.717) is 31.1 Å². The fourth-order valence-corrected chi connectivity index (χ4v) is 3.26.